The molecule has 0 aromatic rings. The van der Waals surface area contributed by atoms with Gasteiger partial charge in [-0.1, -0.05) is 12.2 Å². The molecule has 0 aromatic carbocycles. The van der Waals surface area contributed by atoms with Crippen LogP contribution in [0.2, 0.25) is 0 Å². The molecule has 3 saturated heterocycles. The Balaban J connectivity index is 1.89. The molecule has 1 saturated carbocycles. The average molecular weight is 222 g/mol. The van der Waals surface area contributed by atoms with Crippen LogP contribution in [0.1, 0.15) is 0 Å². The summed E-state index contributed by atoms with van der Waals surface area (Å²) in [5, 5.41) is 0. The van der Waals surface area contributed by atoms with Gasteiger partial charge in [0.2, 0.25) is 0 Å². The average Bonchev–Trinajstić information content (AvgIpc) is 2.63. The van der Waals surface area contributed by atoms with Gasteiger partial charge < -0.3 is 9.47 Å². The van der Waals surface area contributed by atoms with Crippen molar-refractivity contribution in [2.24, 2.45) is 10.8 Å². The molecule has 4 fully saturated rings. The Hall–Kier alpha value is -0.810. The third-order valence-electron chi connectivity index (χ3n) is 4.80. The summed E-state index contributed by atoms with van der Waals surface area (Å²) in [7, 11) is 0. The highest BCUT2D eigenvalue weighted by atomic mass is 32.2. The third kappa shape index (κ3) is 0.355. The number of esters is 2. The van der Waals surface area contributed by atoms with E-state index in [9.17, 15) is 9.59 Å². The van der Waals surface area contributed by atoms with Crippen molar-refractivity contribution in [1.29, 1.82) is 0 Å². The van der Waals surface area contributed by atoms with E-state index in [1.165, 1.54) is 0 Å². The van der Waals surface area contributed by atoms with Gasteiger partial charge in [0.05, 0.1) is 17.6 Å². The van der Waals surface area contributed by atoms with Crippen LogP contribution in [0, 0.1) is 10.8 Å². The summed E-state index contributed by atoms with van der Waals surface area (Å²) in [6.07, 6.45) is 3.64. The summed E-state index contributed by atoms with van der Waals surface area (Å²) in [6.45, 7) is 0. The van der Waals surface area contributed by atoms with E-state index in [1.54, 1.807) is 11.8 Å². The molecule has 5 rings (SSSR count). The van der Waals surface area contributed by atoms with Crippen LogP contribution in [0.15, 0.2) is 12.2 Å². The number of carbonyl (C=O) groups is 2. The first-order valence-electron chi connectivity index (χ1n) is 4.96. The lowest BCUT2D eigenvalue weighted by molar-refractivity contribution is -0.159. The normalized spacial score (nSPS) is 65.9. The minimum atomic E-state index is -0.652. The monoisotopic (exact) mass is 222 g/mol. The predicted molar refractivity (Wildman–Crippen MR) is 49.0 cm³/mol. The molecule has 15 heavy (non-hydrogen) atoms. The fraction of sp³-hybridized carbons (Fsp3) is 0.600. The number of hydrogen-bond donors (Lipinski definition) is 0. The van der Waals surface area contributed by atoms with Crippen molar-refractivity contribution in [2.75, 3.05) is 5.75 Å². The van der Waals surface area contributed by atoms with Gasteiger partial charge in [-0.05, 0) is 0 Å². The molecule has 1 aliphatic carbocycles. The van der Waals surface area contributed by atoms with Gasteiger partial charge in [-0.2, -0.15) is 0 Å². The predicted octanol–water partition coefficient (Wildman–Crippen LogP) is -0.121. The first-order chi connectivity index (χ1) is 7.22. The third-order valence-corrected chi connectivity index (χ3v) is 6.69. The number of fused-ring (bicyclic) bond motifs is 2. The highest BCUT2D eigenvalue weighted by Gasteiger charge is 3.09. The summed E-state index contributed by atoms with van der Waals surface area (Å²) in [5.74, 6) is 0.166. The Labute approximate surface area is 89.0 Å². The Kier molecular flexibility index (Phi) is 0.787. The molecule has 4 heterocycles. The molecule has 5 heteroatoms. The van der Waals surface area contributed by atoms with Crippen LogP contribution in [-0.4, -0.2) is 34.6 Å². The molecule has 0 N–H and O–H groups in total. The van der Waals surface area contributed by atoms with Gasteiger partial charge >= 0.3 is 11.9 Å². The lowest BCUT2D eigenvalue weighted by atomic mass is 9.84. The zero-order valence-corrected chi connectivity index (χ0v) is 8.37. The Morgan fingerprint density at radius 3 is 2.73 bits per heavy atom. The molecule has 5 atom stereocenters. The van der Waals surface area contributed by atoms with Crippen molar-refractivity contribution >= 4 is 23.7 Å². The van der Waals surface area contributed by atoms with Crippen LogP contribution in [0.25, 0.3) is 0 Å². The minimum Gasteiger partial charge on any atom is -0.391 e. The van der Waals surface area contributed by atoms with Crippen LogP contribution < -0.4 is 0 Å². The standard InChI is InChI=1S/C10H6O4S/c11-6-9-5-2-1-4(13-5)8(9)3-15-10(8,9)7(12)14-6/h1-2,4-5H,3H2. The SMILES string of the molecule is O=C1OC(=O)C23C4C=CC(O4)C24CSC143. The fourth-order valence-electron chi connectivity index (χ4n) is 4.26. The topological polar surface area (TPSA) is 52.6 Å². The van der Waals surface area contributed by atoms with E-state index in [2.05, 4.69) is 0 Å². The van der Waals surface area contributed by atoms with E-state index < -0.39 is 10.2 Å². The van der Waals surface area contributed by atoms with E-state index in [-0.39, 0.29) is 29.6 Å². The van der Waals surface area contributed by atoms with Gasteiger partial charge in [0.15, 0.2) is 0 Å². The maximum Gasteiger partial charge on any atom is 0.331 e. The first kappa shape index (κ1) is 7.46. The van der Waals surface area contributed by atoms with Crippen molar-refractivity contribution < 1.29 is 19.1 Å². The van der Waals surface area contributed by atoms with Gasteiger partial charge in [-0.25, -0.2) is 4.79 Å². The van der Waals surface area contributed by atoms with Gasteiger partial charge in [0.25, 0.3) is 0 Å². The lowest BCUT2D eigenvalue weighted by Crippen LogP contribution is -2.45. The quantitative estimate of drug-likeness (QED) is 0.325. The smallest absolute Gasteiger partial charge is 0.331 e. The summed E-state index contributed by atoms with van der Waals surface area (Å²) in [4.78, 5) is 23.7. The van der Waals surface area contributed by atoms with Crippen molar-refractivity contribution in [3.63, 3.8) is 0 Å². The van der Waals surface area contributed by atoms with Gasteiger partial charge in [0.1, 0.15) is 10.2 Å². The van der Waals surface area contributed by atoms with Crippen LogP contribution >= 0.6 is 11.8 Å². The molecular formula is C10H6O4S. The van der Waals surface area contributed by atoms with Crippen LogP contribution in [0.4, 0.5) is 0 Å². The second kappa shape index (κ2) is 1.58. The van der Waals surface area contributed by atoms with E-state index in [0.29, 0.717) is 0 Å². The number of cyclic esters (lactones) is 2. The number of ether oxygens (including phenoxy) is 2. The highest BCUT2D eigenvalue weighted by Crippen LogP contribution is 2.95. The Morgan fingerprint density at radius 1 is 1.27 bits per heavy atom. The second-order valence-corrected chi connectivity index (χ2v) is 5.98. The maximum absolute atomic E-state index is 11.9. The largest absolute Gasteiger partial charge is 0.391 e. The molecule has 4 aliphatic heterocycles. The van der Waals surface area contributed by atoms with Crippen LogP contribution in [0.5, 0.6) is 0 Å². The van der Waals surface area contributed by atoms with Crippen LogP contribution in [0.3, 0.4) is 0 Å². The molecule has 0 aromatic heterocycles. The molecule has 5 aliphatic rings. The molecule has 0 amide bonds. The van der Waals surface area contributed by atoms with E-state index in [1.807, 2.05) is 12.2 Å². The highest BCUT2D eigenvalue weighted by molar-refractivity contribution is 8.03. The molecule has 2 bridgehead atoms. The molecule has 3 spiro atoms. The van der Waals surface area contributed by atoms with Crippen molar-refractivity contribution in [3.8, 4) is 0 Å². The number of carbonyl (C=O) groups excluding carboxylic acids is 2. The zero-order valence-electron chi connectivity index (χ0n) is 7.56. The molecule has 4 nitrogen and oxygen atoms in total. The van der Waals surface area contributed by atoms with Gasteiger partial charge in [-0.3, -0.25) is 4.79 Å². The summed E-state index contributed by atoms with van der Waals surface area (Å²) < 4.78 is 9.91. The fourth-order valence-corrected chi connectivity index (χ4v) is 6.40. The summed E-state index contributed by atoms with van der Waals surface area (Å²) >= 11 is 1.57. The lowest BCUT2D eigenvalue weighted by Gasteiger charge is -2.34. The number of hydrogen-bond acceptors (Lipinski definition) is 5. The van der Waals surface area contributed by atoms with E-state index >= 15 is 0 Å². The molecular weight excluding hydrogens is 216 g/mol. The van der Waals surface area contributed by atoms with Crippen molar-refractivity contribution in [1.82, 2.24) is 0 Å². The van der Waals surface area contributed by atoms with E-state index in [0.717, 1.165) is 5.75 Å². The Morgan fingerprint density at radius 2 is 2.07 bits per heavy atom. The van der Waals surface area contributed by atoms with Crippen LogP contribution in [-0.2, 0) is 19.1 Å². The number of rotatable bonds is 0. The minimum absolute atomic E-state index is 0.0412. The molecule has 5 unspecified atom stereocenters. The van der Waals surface area contributed by atoms with Crippen molar-refractivity contribution in [2.45, 2.75) is 17.0 Å². The molecule has 76 valence electrons. The Bertz CT molecular complexity index is 500. The molecule has 0 radical (unpaired) electrons. The van der Waals surface area contributed by atoms with Gasteiger partial charge in [0, 0.05) is 5.75 Å². The zero-order chi connectivity index (χ0) is 10.1. The maximum atomic E-state index is 11.9. The second-order valence-electron chi connectivity index (χ2n) is 4.79. The summed E-state index contributed by atoms with van der Waals surface area (Å²) in [6, 6.07) is 0. The summed E-state index contributed by atoms with van der Waals surface area (Å²) in [5.41, 5.74) is -0.891. The number of thioether (sulfide) groups is 1. The van der Waals surface area contributed by atoms with Crippen molar-refractivity contribution in [3.05, 3.63) is 12.2 Å². The first-order valence-corrected chi connectivity index (χ1v) is 5.95. The van der Waals surface area contributed by atoms with E-state index in [4.69, 9.17) is 9.47 Å². The van der Waals surface area contributed by atoms with Gasteiger partial charge in [-0.15, -0.1) is 11.8 Å².